The van der Waals surface area contributed by atoms with Crippen molar-refractivity contribution in [2.75, 3.05) is 13.7 Å². The molecule has 23 heavy (non-hydrogen) atoms. The molecular formula is C20H25NO2. The molecule has 3 heteroatoms. The Morgan fingerprint density at radius 2 is 1.61 bits per heavy atom. The summed E-state index contributed by atoms with van der Waals surface area (Å²) in [6.45, 7) is 7.11. The number of hydrogen-bond donors (Lipinski definition) is 1. The Kier molecular flexibility index (Phi) is 5.43. The molecule has 0 unspecified atom stereocenters. The largest absolute Gasteiger partial charge is 0.497 e. The topological polar surface area (TPSA) is 38.3 Å². The zero-order chi connectivity index (χ0) is 16.9. The van der Waals surface area contributed by atoms with Crippen LogP contribution < -0.4 is 10.1 Å². The van der Waals surface area contributed by atoms with Gasteiger partial charge in [0.15, 0.2) is 0 Å². The minimum Gasteiger partial charge on any atom is -0.497 e. The molecule has 2 aromatic rings. The molecule has 1 amide bonds. The number of carbonyl (C=O) groups excluding carboxylic acids is 1. The van der Waals surface area contributed by atoms with Crippen molar-refractivity contribution in [3.63, 3.8) is 0 Å². The lowest BCUT2D eigenvalue weighted by atomic mass is 9.87. The van der Waals surface area contributed by atoms with Gasteiger partial charge in [-0.05, 0) is 47.2 Å². The van der Waals surface area contributed by atoms with Crippen LogP contribution in [0, 0.1) is 0 Å². The van der Waals surface area contributed by atoms with Crippen LogP contribution >= 0.6 is 0 Å². The highest BCUT2D eigenvalue weighted by Crippen LogP contribution is 2.22. The van der Waals surface area contributed by atoms with Gasteiger partial charge in [0, 0.05) is 12.1 Å². The second-order valence-electron chi connectivity index (χ2n) is 6.68. The molecule has 122 valence electrons. The Morgan fingerprint density at radius 3 is 2.13 bits per heavy atom. The maximum Gasteiger partial charge on any atom is 0.251 e. The van der Waals surface area contributed by atoms with E-state index >= 15 is 0 Å². The average molecular weight is 311 g/mol. The van der Waals surface area contributed by atoms with Crippen molar-refractivity contribution < 1.29 is 9.53 Å². The van der Waals surface area contributed by atoms with Crippen LogP contribution in [-0.4, -0.2) is 19.6 Å². The van der Waals surface area contributed by atoms with E-state index in [1.807, 2.05) is 48.5 Å². The highest BCUT2D eigenvalue weighted by Gasteiger charge is 2.14. The summed E-state index contributed by atoms with van der Waals surface area (Å²) in [6, 6.07) is 15.7. The summed E-state index contributed by atoms with van der Waals surface area (Å²) in [6.07, 6.45) is 0.801. The zero-order valence-electron chi connectivity index (χ0n) is 14.3. The SMILES string of the molecule is COc1ccc(CCNC(=O)c2ccc(C(C)(C)C)cc2)cc1. The number of methoxy groups -OCH3 is 1. The Balaban J connectivity index is 1.86. The highest BCUT2D eigenvalue weighted by molar-refractivity contribution is 5.94. The summed E-state index contributed by atoms with van der Waals surface area (Å²) < 4.78 is 5.13. The highest BCUT2D eigenvalue weighted by atomic mass is 16.5. The van der Waals surface area contributed by atoms with E-state index in [4.69, 9.17) is 4.74 Å². The minimum absolute atomic E-state index is 0.0287. The normalized spacial score (nSPS) is 11.1. The predicted octanol–water partition coefficient (Wildman–Crippen LogP) is 3.97. The summed E-state index contributed by atoms with van der Waals surface area (Å²) in [5.74, 6) is 0.815. The Hall–Kier alpha value is -2.29. The molecular weight excluding hydrogens is 286 g/mol. The second-order valence-corrected chi connectivity index (χ2v) is 6.68. The molecule has 0 saturated carbocycles. The molecule has 0 aliphatic heterocycles. The van der Waals surface area contributed by atoms with E-state index in [1.54, 1.807) is 7.11 Å². The van der Waals surface area contributed by atoms with Crippen LogP contribution in [0.3, 0.4) is 0 Å². The van der Waals surface area contributed by atoms with E-state index in [2.05, 4.69) is 26.1 Å². The molecule has 0 spiro atoms. The van der Waals surface area contributed by atoms with Crippen molar-refractivity contribution in [3.05, 3.63) is 65.2 Å². The van der Waals surface area contributed by atoms with Gasteiger partial charge in [0.1, 0.15) is 5.75 Å². The summed E-state index contributed by atoms with van der Waals surface area (Å²) in [5.41, 5.74) is 3.21. The van der Waals surface area contributed by atoms with Gasteiger partial charge in [0.25, 0.3) is 5.91 Å². The van der Waals surface area contributed by atoms with Gasteiger partial charge in [-0.1, -0.05) is 45.0 Å². The second kappa shape index (κ2) is 7.32. The smallest absolute Gasteiger partial charge is 0.251 e. The van der Waals surface area contributed by atoms with Gasteiger partial charge in [-0.25, -0.2) is 0 Å². The van der Waals surface area contributed by atoms with Crippen molar-refractivity contribution >= 4 is 5.91 Å². The molecule has 0 saturated heterocycles. The molecule has 0 aliphatic rings. The number of amides is 1. The van der Waals surface area contributed by atoms with Crippen molar-refractivity contribution in [1.29, 1.82) is 0 Å². The monoisotopic (exact) mass is 311 g/mol. The number of benzene rings is 2. The molecule has 0 bridgehead atoms. The van der Waals surface area contributed by atoms with Crippen LogP contribution in [-0.2, 0) is 11.8 Å². The summed E-state index contributed by atoms with van der Waals surface area (Å²) in [4.78, 5) is 12.2. The van der Waals surface area contributed by atoms with E-state index in [0.717, 1.165) is 12.2 Å². The van der Waals surface area contributed by atoms with Gasteiger partial charge in [-0.2, -0.15) is 0 Å². The Labute approximate surface area is 138 Å². The molecule has 2 rings (SSSR count). The van der Waals surface area contributed by atoms with Crippen molar-refractivity contribution in [2.45, 2.75) is 32.6 Å². The summed E-state index contributed by atoms with van der Waals surface area (Å²) >= 11 is 0. The summed E-state index contributed by atoms with van der Waals surface area (Å²) in [5, 5.41) is 2.96. The lowest BCUT2D eigenvalue weighted by Gasteiger charge is -2.19. The fourth-order valence-corrected chi connectivity index (χ4v) is 2.34. The van der Waals surface area contributed by atoms with Crippen molar-refractivity contribution in [3.8, 4) is 5.75 Å². The minimum atomic E-state index is -0.0287. The quantitative estimate of drug-likeness (QED) is 0.907. The first-order valence-electron chi connectivity index (χ1n) is 7.92. The standard InChI is InChI=1S/C20H25NO2/c1-20(2,3)17-9-7-16(8-10-17)19(22)21-14-13-15-5-11-18(23-4)12-6-15/h5-12H,13-14H2,1-4H3,(H,21,22). The lowest BCUT2D eigenvalue weighted by Crippen LogP contribution is -2.25. The van der Waals surface area contributed by atoms with E-state index < -0.39 is 0 Å². The van der Waals surface area contributed by atoms with E-state index in [9.17, 15) is 4.79 Å². The van der Waals surface area contributed by atoms with E-state index in [0.29, 0.717) is 12.1 Å². The van der Waals surface area contributed by atoms with Gasteiger partial charge in [-0.3, -0.25) is 4.79 Å². The van der Waals surface area contributed by atoms with Crippen molar-refractivity contribution in [1.82, 2.24) is 5.32 Å². The maximum absolute atomic E-state index is 12.2. The fourth-order valence-electron chi connectivity index (χ4n) is 2.34. The van der Waals surface area contributed by atoms with Gasteiger partial charge in [0.2, 0.25) is 0 Å². The van der Waals surface area contributed by atoms with Crippen LogP contribution in [0.1, 0.15) is 42.3 Å². The molecule has 2 aromatic carbocycles. The van der Waals surface area contributed by atoms with E-state index in [1.165, 1.54) is 11.1 Å². The zero-order valence-corrected chi connectivity index (χ0v) is 14.3. The van der Waals surface area contributed by atoms with Crippen LogP contribution in [0.2, 0.25) is 0 Å². The third kappa shape index (κ3) is 4.85. The average Bonchev–Trinajstić information content (AvgIpc) is 2.54. The fraction of sp³-hybridized carbons (Fsp3) is 0.350. The predicted molar refractivity (Wildman–Crippen MR) is 94.2 cm³/mol. The van der Waals surface area contributed by atoms with Crippen LogP contribution in [0.15, 0.2) is 48.5 Å². The molecule has 0 heterocycles. The number of hydrogen-bond acceptors (Lipinski definition) is 2. The Bertz CT molecular complexity index is 637. The molecule has 0 fully saturated rings. The first-order valence-corrected chi connectivity index (χ1v) is 7.92. The van der Waals surface area contributed by atoms with Crippen LogP contribution in [0.5, 0.6) is 5.75 Å². The van der Waals surface area contributed by atoms with Crippen LogP contribution in [0.4, 0.5) is 0 Å². The lowest BCUT2D eigenvalue weighted by molar-refractivity contribution is 0.0954. The summed E-state index contributed by atoms with van der Waals surface area (Å²) in [7, 11) is 1.65. The number of ether oxygens (including phenoxy) is 1. The molecule has 0 atom stereocenters. The van der Waals surface area contributed by atoms with Crippen molar-refractivity contribution in [2.24, 2.45) is 0 Å². The van der Waals surface area contributed by atoms with Gasteiger partial charge < -0.3 is 10.1 Å². The van der Waals surface area contributed by atoms with Gasteiger partial charge in [-0.15, -0.1) is 0 Å². The molecule has 3 nitrogen and oxygen atoms in total. The molecule has 1 N–H and O–H groups in total. The van der Waals surface area contributed by atoms with Gasteiger partial charge >= 0.3 is 0 Å². The molecule has 0 radical (unpaired) electrons. The number of carbonyl (C=O) groups is 1. The maximum atomic E-state index is 12.2. The Morgan fingerprint density at radius 1 is 1.00 bits per heavy atom. The first-order chi connectivity index (χ1) is 10.9. The van der Waals surface area contributed by atoms with E-state index in [-0.39, 0.29) is 11.3 Å². The van der Waals surface area contributed by atoms with Crippen LogP contribution in [0.25, 0.3) is 0 Å². The molecule has 0 aliphatic carbocycles. The number of rotatable bonds is 5. The molecule has 0 aromatic heterocycles. The number of nitrogens with one attached hydrogen (secondary N) is 1. The van der Waals surface area contributed by atoms with Gasteiger partial charge in [0.05, 0.1) is 7.11 Å². The third-order valence-electron chi connectivity index (χ3n) is 3.87. The third-order valence-corrected chi connectivity index (χ3v) is 3.87. The first kappa shape index (κ1) is 17.1.